The number of nitrogens with one attached hydrogen (secondary N) is 1. The highest BCUT2D eigenvalue weighted by Gasteiger charge is 2.37. The van der Waals surface area contributed by atoms with Crippen LogP contribution in [0.15, 0.2) is 22.7 Å². The van der Waals surface area contributed by atoms with Crippen molar-refractivity contribution in [3.8, 4) is 0 Å². The summed E-state index contributed by atoms with van der Waals surface area (Å²) in [6, 6.07) is 5.51. The van der Waals surface area contributed by atoms with Crippen LogP contribution in [0.25, 0.3) is 0 Å². The molecular formula is C15H19BrClFN2O. The highest BCUT2D eigenvalue weighted by Crippen LogP contribution is 2.29. The molecule has 6 heteroatoms. The van der Waals surface area contributed by atoms with E-state index in [9.17, 15) is 9.18 Å². The zero-order chi connectivity index (χ0) is 14.1. The zero-order valence-corrected chi connectivity index (χ0v) is 14.1. The van der Waals surface area contributed by atoms with Gasteiger partial charge < -0.3 is 10.2 Å². The van der Waals surface area contributed by atoms with Gasteiger partial charge in [0.1, 0.15) is 5.82 Å². The highest BCUT2D eigenvalue weighted by atomic mass is 79.9. The summed E-state index contributed by atoms with van der Waals surface area (Å²) in [7, 11) is 0. The van der Waals surface area contributed by atoms with E-state index in [0.29, 0.717) is 23.0 Å². The topological polar surface area (TPSA) is 32.3 Å². The Bertz CT molecular complexity index is 514. The van der Waals surface area contributed by atoms with Crippen molar-refractivity contribution in [2.24, 2.45) is 0 Å². The van der Waals surface area contributed by atoms with Gasteiger partial charge in [0, 0.05) is 18.6 Å². The number of fused-ring (bicyclic) bond motifs is 2. The molecule has 0 spiro atoms. The van der Waals surface area contributed by atoms with Gasteiger partial charge in [-0.15, -0.1) is 12.4 Å². The molecule has 21 heavy (non-hydrogen) atoms. The van der Waals surface area contributed by atoms with E-state index in [2.05, 4.69) is 26.1 Å². The first kappa shape index (κ1) is 16.7. The third-order valence-electron chi connectivity index (χ3n) is 4.28. The Balaban J connectivity index is 0.00000161. The molecule has 2 aliphatic heterocycles. The van der Waals surface area contributed by atoms with E-state index in [1.807, 2.05) is 0 Å². The van der Waals surface area contributed by atoms with Crippen molar-refractivity contribution in [1.82, 2.24) is 10.2 Å². The maximum atomic E-state index is 13.2. The van der Waals surface area contributed by atoms with Gasteiger partial charge in [-0.3, -0.25) is 4.79 Å². The van der Waals surface area contributed by atoms with E-state index in [1.54, 1.807) is 12.1 Å². The average Bonchev–Trinajstić information content (AvgIpc) is 2.67. The number of benzene rings is 1. The molecule has 0 radical (unpaired) electrons. The smallest absolute Gasteiger partial charge is 0.227 e. The molecule has 2 fully saturated rings. The first-order chi connectivity index (χ1) is 9.65. The van der Waals surface area contributed by atoms with E-state index in [0.717, 1.165) is 37.9 Å². The third kappa shape index (κ3) is 3.58. The molecule has 1 aromatic carbocycles. The fraction of sp³-hybridized carbons (Fsp3) is 0.533. The number of hydrogen-bond donors (Lipinski definition) is 1. The summed E-state index contributed by atoms with van der Waals surface area (Å²) in [5, 5.41) is 3.39. The van der Waals surface area contributed by atoms with Crippen LogP contribution >= 0.6 is 28.3 Å². The van der Waals surface area contributed by atoms with Crippen molar-refractivity contribution < 1.29 is 9.18 Å². The molecule has 1 amide bonds. The van der Waals surface area contributed by atoms with Gasteiger partial charge in [-0.25, -0.2) is 4.39 Å². The molecule has 2 bridgehead atoms. The minimum absolute atomic E-state index is 0. The predicted molar refractivity (Wildman–Crippen MR) is 86.2 cm³/mol. The maximum absolute atomic E-state index is 13.2. The lowest BCUT2D eigenvalue weighted by Crippen LogP contribution is -2.43. The second-order valence-electron chi connectivity index (χ2n) is 5.60. The van der Waals surface area contributed by atoms with Crippen LogP contribution in [0, 0.1) is 5.82 Å². The molecule has 0 aromatic heterocycles. The van der Waals surface area contributed by atoms with Crippen LogP contribution in [0.3, 0.4) is 0 Å². The van der Waals surface area contributed by atoms with Gasteiger partial charge in [0.25, 0.3) is 0 Å². The summed E-state index contributed by atoms with van der Waals surface area (Å²) in [5.41, 5.74) is 0.861. The number of carbonyl (C=O) groups is 1. The van der Waals surface area contributed by atoms with E-state index in [4.69, 9.17) is 0 Å². The van der Waals surface area contributed by atoms with Crippen LogP contribution in [0.1, 0.15) is 24.8 Å². The molecule has 3 nitrogen and oxygen atoms in total. The molecule has 3 rings (SSSR count). The normalized spacial score (nSPS) is 24.4. The molecule has 0 aliphatic carbocycles. The highest BCUT2D eigenvalue weighted by molar-refractivity contribution is 9.10. The number of halogens is 3. The molecule has 1 aromatic rings. The summed E-state index contributed by atoms with van der Waals surface area (Å²) >= 11 is 3.17. The number of rotatable bonds is 2. The van der Waals surface area contributed by atoms with Gasteiger partial charge in [0.05, 0.1) is 10.9 Å². The van der Waals surface area contributed by atoms with Crippen molar-refractivity contribution in [3.63, 3.8) is 0 Å². The standard InChI is InChI=1S/C15H18BrFN2O.ClH/c16-13-7-10(1-4-14(13)17)8-15(20)19-11-2-3-12(19)9-18-6-5-11;/h1,4,7,11-12,18H,2-3,5-6,8-9H2;1H. The molecule has 116 valence electrons. The second-order valence-corrected chi connectivity index (χ2v) is 6.46. The lowest BCUT2D eigenvalue weighted by Gasteiger charge is -2.28. The summed E-state index contributed by atoms with van der Waals surface area (Å²) in [6.07, 6.45) is 3.60. The van der Waals surface area contributed by atoms with Gasteiger partial charge in [-0.2, -0.15) is 0 Å². The fourth-order valence-corrected chi connectivity index (χ4v) is 3.73. The Morgan fingerprint density at radius 3 is 2.86 bits per heavy atom. The van der Waals surface area contributed by atoms with Crippen LogP contribution in [0.4, 0.5) is 4.39 Å². The molecule has 2 heterocycles. The zero-order valence-electron chi connectivity index (χ0n) is 11.6. The minimum Gasteiger partial charge on any atom is -0.335 e. The quantitative estimate of drug-likeness (QED) is 0.859. The van der Waals surface area contributed by atoms with Gasteiger partial charge >= 0.3 is 0 Å². The van der Waals surface area contributed by atoms with Crippen molar-refractivity contribution in [3.05, 3.63) is 34.1 Å². The van der Waals surface area contributed by atoms with Gasteiger partial charge in [-0.05, 0) is 59.4 Å². The summed E-state index contributed by atoms with van der Waals surface area (Å²) in [6.45, 7) is 1.89. The van der Waals surface area contributed by atoms with E-state index >= 15 is 0 Å². The number of amides is 1. The summed E-state index contributed by atoms with van der Waals surface area (Å²) < 4.78 is 13.6. The lowest BCUT2D eigenvalue weighted by atomic mass is 10.1. The van der Waals surface area contributed by atoms with Crippen molar-refractivity contribution in [2.75, 3.05) is 13.1 Å². The Morgan fingerprint density at radius 2 is 2.10 bits per heavy atom. The monoisotopic (exact) mass is 376 g/mol. The van der Waals surface area contributed by atoms with Gasteiger partial charge in [0.2, 0.25) is 5.91 Å². The molecule has 2 unspecified atom stereocenters. The summed E-state index contributed by atoms with van der Waals surface area (Å²) in [5.74, 6) is -0.125. The first-order valence-electron chi connectivity index (χ1n) is 7.11. The van der Waals surface area contributed by atoms with Gasteiger partial charge in [-0.1, -0.05) is 6.07 Å². The fourth-order valence-electron chi connectivity index (χ4n) is 3.31. The van der Waals surface area contributed by atoms with Crippen LogP contribution in [-0.2, 0) is 11.2 Å². The van der Waals surface area contributed by atoms with Crippen LogP contribution in [0.2, 0.25) is 0 Å². The average molecular weight is 378 g/mol. The predicted octanol–water partition coefficient (Wildman–Crippen LogP) is 2.91. The molecule has 0 saturated carbocycles. The van der Waals surface area contributed by atoms with E-state index < -0.39 is 0 Å². The largest absolute Gasteiger partial charge is 0.335 e. The third-order valence-corrected chi connectivity index (χ3v) is 4.89. The lowest BCUT2D eigenvalue weighted by molar-refractivity contribution is -0.133. The maximum Gasteiger partial charge on any atom is 0.227 e. The second kappa shape index (κ2) is 7.07. The summed E-state index contributed by atoms with van der Waals surface area (Å²) in [4.78, 5) is 14.6. The molecule has 2 saturated heterocycles. The SMILES string of the molecule is Cl.O=C(Cc1ccc(F)c(Br)c1)N1C2CCNCC1CC2. The van der Waals surface area contributed by atoms with Crippen molar-refractivity contribution in [1.29, 1.82) is 0 Å². The van der Waals surface area contributed by atoms with Crippen LogP contribution in [0.5, 0.6) is 0 Å². The van der Waals surface area contributed by atoms with Crippen molar-refractivity contribution in [2.45, 2.75) is 37.8 Å². The molecule has 2 atom stereocenters. The van der Waals surface area contributed by atoms with E-state index in [-0.39, 0.29) is 24.1 Å². The van der Waals surface area contributed by atoms with Crippen LogP contribution < -0.4 is 5.32 Å². The van der Waals surface area contributed by atoms with Gasteiger partial charge in [0.15, 0.2) is 0 Å². The van der Waals surface area contributed by atoms with E-state index in [1.165, 1.54) is 6.07 Å². The Labute approximate surface area is 138 Å². The first-order valence-corrected chi connectivity index (χ1v) is 7.90. The van der Waals surface area contributed by atoms with Crippen LogP contribution in [-0.4, -0.2) is 36.0 Å². The van der Waals surface area contributed by atoms with Crippen molar-refractivity contribution >= 4 is 34.2 Å². The molecular weight excluding hydrogens is 359 g/mol. The number of carbonyl (C=O) groups excluding carboxylic acids is 1. The molecule has 2 aliphatic rings. The molecule has 1 N–H and O–H groups in total. The number of hydrogen-bond acceptors (Lipinski definition) is 2. The minimum atomic E-state index is -0.291. The number of nitrogens with zero attached hydrogens (tertiary/aromatic N) is 1. The Morgan fingerprint density at radius 1 is 1.33 bits per heavy atom. The Kier molecular flexibility index (Phi) is 5.63. The Hall–Kier alpha value is -0.650.